The van der Waals surface area contributed by atoms with Crippen molar-refractivity contribution in [3.63, 3.8) is 0 Å². The van der Waals surface area contributed by atoms with Crippen molar-refractivity contribution in [2.24, 2.45) is 0 Å². The Hall–Kier alpha value is -1.20. The molecule has 4 nitrogen and oxygen atoms in total. The first-order valence-electron chi connectivity index (χ1n) is 7.07. The standard InChI is InChI=1S/C15H21NO3S/c17-15(12-19-13-6-4-5-7-13)16-10-11-20(18)14-8-2-1-3-9-14/h1-3,8-9,13H,4-7,10-12H2,(H,16,17)/t20-/m0/s1. The molecule has 1 atom stereocenters. The zero-order chi connectivity index (χ0) is 14.2. The van der Waals surface area contributed by atoms with Crippen molar-refractivity contribution in [2.75, 3.05) is 18.9 Å². The Kier molecular flexibility index (Phi) is 6.21. The van der Waals surface area contributed by atoms with Gasteiger partial charge in [-0.3, -0.25) is 9.00 Å². The summed E-state index contributed by atoms with van der Waals surface area (Å²) in [7, 11) is -1.06. The monoisotopic (exact) mass is 295 g/mol. The quantitative estimate of drug-likeness (QED) is 0.835. The third-order valence-electron chi connectivity index (χ3n) is 3.37. The third kappa shape index (κ3) is 5.06. The number of amides is 1. The second kappa shape index (κ2) is 8.17. The van der Waals surface area contributed by atoms with Crippen molar-refractivity contribution in [1.82, 2.24) is 5.32 Å². The van der Waals surface area contributed by atoms with Gasteiger partial charge in [-0.15, -0.1) is 0 Å². The van der Waals surface area contributed by atoms with Gasteiger partial charge >= 0.3 is 0 Å². The van der Waals surface area contributed by atoms with E-state index in [1.54, 1.807) is 0 Å². The SMILES string of the molecule is O=C(COC1CCCC1)NCC[S@](=O)c1ccccc1. The van der Waals surface area contributed by atoms with Crippen LogP contribution in [0.5, 0.6) is 0 Å². The molecule has 0 heterocycles. The highest BCUT2D eigenvalue weighted by Crippen LogP contribution is 2.20. The molecule has 0 bridgehead atoms. The summed E-state index contributed by atoms with van der Waals surface area (Å²) in [6.07, 6.45) is 4.76. The predicted molar refractivity (Wildman–Crippen MR) is 78.9 cm³/mol. The summed E-state index contributed by atoms with van der Waals surface area (Å²) in [6, 6.07) is 9.29. The second-order valence-electron chi connectivity index (χ2n) is 4.93. The average molecular weight is 295 g/mol. The van der Waals surface area contributed by atoms with Crippen LogP contribution in [0.3, 0.4) is 0 Å². The van der Waals surface area contributed by atoms with Gasteiger partial charge < -0.3 is 10.1 Å². The van der Waals surface area contributed by atoms with Crippen molar-refractivity contribution in [3.8, 4) is 0 Å². The van der Waals surface area contributed by atoms with Crippen LogP contribution < -0.4 is 5.32 Å². The van der Waals surface area contributed by atoms with Crippen LogP contribution in [0.25, 0.3) is 0 Å². The van der Waals surface area contributed by atoms with Gasteiger partial charge in [0, 0.05) is 17.2 Å². The van der Waals surface area contributed by atoms with Crippen LogP contribution in [-0.4, -0.2) is 35.1 Å². The summed E-state index contributed by atoms with van der Waals surface area (Å²) in [5, 5.41) is 2.75. The predicted octanol–water partition coefficient (Wildman–Crippen LogP) is 1.87. The molecule has 1 N–H and O–H groups in total. The number of carbonyl (C=O) groups is 1. The molecule has 1 fully saturated rings. The fourth-order valence-electron chi connectivity index (χ4n) is 2.27. The van der Waals surface area contributed by atoms with Crippen molar-refractivity contribution in [1.29, 1.82) is 0 Å². The van der Waals surface area contributed by atoms with E-state index < -0.39 is 10.8 Å². The van der Waals surface area contributed by atoms with Crippen LogP contribution in [-0.2, 0) is 20.3 Å². The van der Waals surface area contributed by atoms with Gasteiger partial charge in [0.05, 0.1) is 16.9 Å². The zero-order valence-corrected chi connectivity index (χ0v) is 12.4. The van der Waals surface area contributed by atoms with Crippen molar-refractivity contribution >= 4 is 16.7 Å². The van der Waals surface area contributed by atoms with E-state index in [-0.39, 0.29) is 18.6 Å². The number of benzene rings is 1. The highest BCUT2D eigenvalue weighted by atomic mass is 32.2. The molecule has 0 aliphatic heterocycles. The Morgan fingerprint density at radius 1 is 1.25 bits per heavy atom. The molecule has 5 heteroatoms. The molecule has 0 unspecified atom stereocenters. The Bertz CT molecular complexity index is 444. The number of carbonyl (C=O) groups excluding carboxylic acids is 1. The maximum absolute atomic E-state index is 11.9. The first-order valence-corrected chi connectivity index (χ1v) is 8.39. The van der Waals surface area contributed by atoms with E-state index in [0.717, 1.165) is 17.7 Å². The Labute approximate surface area is 122 Å². The molecular formula is C15H21NO3S. The van der Waals surface area contributed by atoms with Gasteiger partial charge in [0.25, 0.3) is 0 Å². The first kappa shape index (κ1) is 15.2. The molecule has 1 amide bonds. The Morgan fingerprint density at radius 3 is 2.65 bits per heavy atom. The van der Waals surface area contributed by atoms with E-state index in [1.165, 1.54) is 12.8 Å². The number of nitrogens with one attached hydrogen (secondary N) is 1. The van der Waals surface area contributed by atoms with Gasteiger partial charge in [0.2, 0.25) is 5.91 Å². The lowest BCUT2D eigenvalue weighted by atomic mass is 10.3. The molecule has 110 valence electrons. The molecule has 1 saturated carbocycles. The van der Waals surface area contributed by atoms with Crippen LogP contribution in [0, 0.1) is 0 Å². The molecule has 1 aliphatic carbocycles. The van der Waals surface area contributed by atoms with E-state index in [4.69, 9.17) is 4.74 Å². The normalized spacial score (nSPS) is 17.0. The van der Waals surface area contributed by atoms with Crippen LogP contribution in [0.1, 0.15) is 25.7 Å². The van der Waals surface area contributed by atoms with E-state index in [1.807, 2.05) is 30.3 Å². The highest BCUT2D eigenvalue weighted by molar-refractivity contribution is 7.85. The van der Waals surface area contributed by atoms with Crippen LogP contribution in [0.4, 0.5) is 0 Å². The fraction of sp³-hybridized carbons (Fsp3) is 0.533. The van der Waals surface area contributed by atoms with Crippen molar-refractivity contribution in [3.05, 3.63) is 30.3 Å². The molecule has 2 rings (SSSR count). The maximum Gasteiger partial charge on any atom is 0.246 e. The third-order valence-corrected chi connectivity index (χ3v) is 4.74. The lowest BCUT2D eigenvalue weighted by Crippen LogP contribution is -2.32. The summed E-state index contributed by atoms with van der Waals surface area (Å²) in [4.78, 5) is 12.4. The largest absolute Gasteiger partial charge is 0.368 e. The minimum Gasteiger partial charge on any atom is -0.368 e. The van der Waals surface area contributed by atoms with Crippen LogP contribution >= 0.6 is 0 Å². The summed E-state index contributed by atoms with van der Waals surface area (Å²) in [6.45, 7) is 0.525. The minimum atomic E-state index is -1.06. The number of ether oxygens (including phenoxy) is 1. The summed E-state index contributed by atoms with van der Waals surface area (Å²) < 4.78 is 17.4. The van der Waals surface area contributed by atoms with Crippen molar-refractivity contribution < 1.29 is 13.7 Å². The fourth-order valence-corrected chi connectivity index (χ4v) is 3.26. The molecule has 1 aromatic rings. The molecule has 0 saturated heterocycles. The molecule has 1 aliphatic rings. The molecule has 1 aromatic carbocycles. The number of hydrogen-bond acceptors (Lipinski definition) is 3. The lowest BCUT2D eigenvalue weighted by Gasteiger charge is -2.11. The Balaban J connectivity index is 1.60. The molecule has 20 heavy (non-hydrogen) atoms. The average Bonchev–Trinajstić information content (AvgIpc) is 2.99. The first-order chi connectivity index (χ1) is 9.75. The molecule has 0 aromatic heterocycles. The van der Waals surface area contributed by atoms with Gasteiger partial charge in [-0.2, -0.15) is 0 Å². The van der Waals surface area contributed by atoms with E-state index >= 15 is 0 Å². The minimum absolute atomic E-state index is 0.114. The highest BCUT2D eigenvalue weighted by Gasteiger charge is 2.16. The van der Waals surface area contributed by atoms with Crippen LogP contribution in [0.15, 0.2) is 35.2 Å². The van der Waals surface area contributed by atoms with E-state index in [9.17, 15) is 9.00 Å². The van der Waals surface area contributed by atoms with Gasteiger partial charge in [-0.05, 0) is 25.0 Å². The Morgan fingerprint density at radius 2 is 1.95 bits per heavy atom. The molecular weight excluding hydrogens is 274 g/mol. The number of hydrogen-bond donors (Lipinski definition) is 1. The van der Waals surface area contributed by atoms with Gasteiger partial charge in [0.1, 0.15) is 6.61 Å². The zero-order valence-electron chi connectivity index (χ0n) is 11.5. The summed E-state index contributed by atoms with van der Waals surface area (Å²) in [5.41, 5.74) is 0. The van der Waals surface area contributed by atoms with Gasteiger partial charge in [-0.25, -0.2) is 0 Å². The molecule has 0 spiro atoms. The maximum atomic E-state index is 11.9. The summed E-state index contributed by atoms with van der Waals surface area (Å²) in [5.74, 6) is 0.307. The summed E-state index contributed by atoms with van der Waals surface area (Å²) >= 11 is 0. The molecule has 0 radical (unpaired) electrons. The lowest BCUT2D eigenvalue weighted by molar-refractivity contribution is -0.127. The topological polar surface area (TPSA) is 55.4 Å². The van der Waals surface area contributed by atoms with E-state index in [2.05, 4.69) is 5.32 Å². The van der Waals surface area contributed by atoms with Gasteiger partial charge in [0.15, 0.2) is 0 Å². The van der Waals surface area contributed by atoms with Crippen molar-refractivity contribution in [2.45, 2.75) is 36.7 Å². The smallest absolute Gasteiger partial charge is 0.246 e. The van der Waals surface area contributed by atoms with E-state index in [0.29, 0.717) is 12.3 Å². The van der Waals surface area contributed by atoms with Gasteiger partial charge in [-0.1, -0.05) is 31.0 Å². The second-order valence-corrected chi connectivity index (χ2v) is 6.50. The van der Waals surface area contributed by atoms with Crippen LogP contribution in [0.2, 0.25) is 0 Å². The number of rotatable bonds is 7.